The number of hydrogen-bond donors (Lipinski definition) is 2. The van der Waals surface area contributed by atoms with Crippen LogP contribution in [0.5, 0.6) is 0 Å². The Bertz CT molecular complexity index is 811. The normalized spacial score (nSPS) is 12.3. The van der Waals surface area contributed by atoms with Gasteiger partial charge < -0.3 is 10.3 Å². The van der Waals surface area contributed by atoms with E-state index in [1.165, 1.54) is 0 Å². The van der Waals surface area contributed by atoms with E-state index in [1.807, 2.05) is 36.4 Å². The average molecular weight is 305 g/mol. The molecular formula is C18H19N5. The van der Waals surface area contributed by atoms with E-state index in [4.69, 9.17) is 10.2 Å². The van der Waals surface area contributed by atoms with E-state index in [2.05, 4.69) is 35.2 Å². The zero-order chi connectivity index (χ0) is 16.2. The third-order valence-corrected chi connectivity index (χ3v) is 3.63. The number of nitrogens with one attached hydrogen (secondary N) is 2. The Labute approximate surface area is 135 Å². The molecule has 3 rings (SSSR count). The number of pyridine rings is 1. The number of rotatable bonds is 5. The molecule has 2 aromatic heterocycles. The van der Waals surface area contributed by atoms with Crippen molar-refractivity contribution in [2.75, 3.05) is 5.32 Å². The molecule has 0 amide bonds. The molecule has 23 heavy (non-hydrogen) atoms. The lowest BCUT2D eigenvalue weighted by molar-refractivity contribution is 0.517. The first-order valence-corrected chi connectivity index (χ1v) is 7.74. The Morgan fingerprint density at radius 2 is 1.96 bits per heavy atom. The third kappa shape index (κ3) is 3.49. The minimum Gasteiger partial charge on any atom is -0.360 e. The van der Waals surface area contributed by atoms with Crippen molar-refractivity contribution >= 4 is 16.9 Å². The van der Waals surface area contributed by atoms with Crippen LogP contribution in [0, 0.1) is 17.2 Å². The second-order valence-electron chi connectivity index (χ2n) is 5.99. The number of aromatic amines is 1. The predicted octanol–water partition coefficient (Wildman–Crippen LogP) is 4.03. The lowest BCUT2D eigenvalue weighted by atomic mass is 10.0. The van der Waals surface area contributed by atoms with Gasteiger partial charge in [0, 0.05) is 0 Å². The number of nitrogens with zero attached hydrogens (tertiary/aromatic N) is 3. The number of fused-ring (bicyclic) bond motifs is 1. The minimum atomic E-state index is 0.0174. The topological polar surface area (TPSA) is 77.4 Å². The van der Waals surface area contributed by atoms with Gasteiger partial charge in [-0.05, 0) is 36.6 Å². The Balaban J connectivity index is 1.92. The molecule has 2 heterocycles. The summed E-state index contributed by atoms with van der Waals surface area (Å²) in [5.41, 5.74) is 2.39. The van der Waals surface area contributed by atoms with Gasteiger partial charge in [0.25, 0.3) is 0 Å². The van der Waals surface area contributed by atoms with Gasteiger partial charge in [-0.25, -0.2) is 9.97 Å². The van der Waals surface area contributed by atoms with Gasteiger partial charge in [-0.15, -0.1) is 0 Å². The van der Waals surface area contributed by atoms with Crippen molar-refractivity contribution in [3.05, 3.63) is 54.0 Å². The van der Waals surface area contributed by atoms with Crippen molar-refractivity contribution in [2.24, 2.45) is 5.92 Å². The highest BCUT2D eigenvalue weighted by atomic mass is 15.1. The fraction of sp³-hybridized carbons (Fsp3) is 0.278. The Morgan fingerprint density at radius 3 is 2.70 bits per heavy atom. The largest absolute Gasteiger partial charge is 0.360 e. The number of anilines is 1. The van der Waals surface area contributed by atoms with Gasteiger partial charge in [-0.1, -0.05) is 32.0 Å². The van der Waals surface area contributed by atoms with E-state index in [-0.39, 0.29) is 6.04 Å². The maximum Gasteiger partial charge on any atom is 0.142 e. The van der Waals surface area contributed by atoms with E-state index < -0.39 is 0 Å². The molecule has 0 aliphatic heterocycles. The van der Waals surface area contributed by atoms with Crippen LogP contribution in [0.4, 0.5) is 5.82 Å². The predicted molar refractivity (Wildman–Crippen MR) is 90.9 cm³/mol. The third-order valence-electron chi connectivity index (χ3n) is 3.63. The lowest BCUT2D eigenvalue weighted by Crippen LogP contribution is -2.15. The van der Waals surface area contributed by atoms with E-state index in [0.29, 0.717) is 17.4 Å². The Hall–Kier alpha value is -2.87. The van der Waals surface area contributed by atoms with Crippen molar-refractivity contribution in [1.82, 2.24) is 15.0 Å². The molecule has 5 nitrogen and oxygen atoms in total. The van der Waals surface area contributed by atoms with Gasteiger partial charge in [0.2, 0.25) is 0 Å². The summed E-state index contributed by atoms with van der Waals surface area (Å²) in [5, 5.41) is 12.4. The fourth-order valence-corrected chi connectivity index (χ4v) is 2.60. The summed E-state index contributed by atoms with van der Waals surface area (Å²) in [6.45, 7) is 4.35. The van der Waals surface area contributed by atoms with Crippen LogP contribution in [0.15, 0.2) is 42.5 Å². The average Bonchev–Trinajstić information content (AvgIpc) is 2.98. The van der Waals surface area contributed by atoms with Gasteiger partial charge in [0.1, 0.15) is 23.4 Å². The summed E-state index contributed by atoms with van der Waals surface area (Å²) in [6, 6.07) is 15.5. The monoisotopic (exact) mass is 305 g/mol. The molecule has 0 radical (unpaired) electrons. The number of para-hydroxylation sites is 2. The highest BCUT2D eigenvalue weighted by molar-refractivity contribution is 5.74. The molecule has 116 valence electrons. The van der Waals surface area contributed by atoms with E-state index in [0.717, 1.165) is 23.3 Å². The van der Waals surface area contributed by atoms with Crippen LogP contribution in [-0.4, -0.2) is 15.0 Å². The number of hydrogen-bond acceptors (Lipinski definition) is 4. The van der Waals surface area contributed by atoms with Crippen LogP contribution in [0.1, 0.15) is 37.8 Å². The number of imidazole rings is 1. The van der Waals surface area contributed by atoms with Crippen LogP contribution in [0.3, 0.4) is 0 Å². The van der Waals surface area contributed by atoms with Crippen LogP contribution in [0.2, 0.25) is 0 Å². The Kier molecular flexibility index (Phi) is 4.24. The summed E-state index contributed by atoms with van der Waals surface area (Å²) in [5.74, 6) is 2.08. The quantitative estimate of drug-likeness (QED) is 0.746. The number of benzene rings is 1. The first-order valence-electron chi connectivity index (χ1n) is 7.74. The molecule has 1 aromatic carbocycles. The molecule has 0 fully saturated rings. The van der Waals surface area contributed by atoms with Gasteiger partial charge in [0.05, 0.1) is 17.1 Å². The summed E-state index contributed by atoms with van der Waals surface area (Å²) >= 11 is 0. The lowest BCUT2D eigenvalue weighted by Gasteiger charge is -2.19. The summed E-state index contributed by atoms with van der Waals surface area (Å²) in [4.78, 5) is 12.4. The van der Waals surface area contributed by atoms with Gasteiger partial charge in [0.15, 0.2) is 0 Å². The molecule has 0 saturated carbocycles. The molecule has 5 heteroatoms. The standard InChI is InChI=1S/C18H19N5/c1-12(2)10-16(21-17-9-5-6-13(11-19)20-17)18-22-14-7-3-4-8-15(14)23-18/h3-9,12,16H,10H2,1-2H3,(H,20,21)(H,22,23). The number of nitriles is 1. The van der Waals surface area contributed by atoms with Crippen LogP contribution >= 0.6 is 0 Å². The molecule has 0 aliphatic rings. The second kappa shape index (κ2) is 6.49. The molecule has 0 bridgehead atoms. The number of aromatic nitrogens is 3. The summed E-state index contributed by atoms with van der Waals surface area (Å²) < 4.78 is 0. The van der Waals surface area contributed by atoms with Gasteiger partial charge in [-0.2, -0.15) is 5.26 Å². The molecule has 0 aliphatic carbocycles. The van der Waals surface area contributed by atoms with Gasteiger partial charge in [-0.3, -0.25) is 0 Å². The highest BCUT2D eigenvalue weighted by Crippen LogP contribution is 2.25. The molecule has 1 unspecified atom stereocenters. The minimum absolute atomic E-state index is 0.0174. The first kappa shape index (κ1) is 15.0. The number of H-pyrrole nitrogens is 1. The SMILES string of the molecule is CC(C)CC(Nc1cccc(C#N)n1)c1nc2ccccc2[nH]1. The van der Waals surface area contributed by atoms with Crippen molar-refractivity contribution in [1.29, 1.82) is 5.26 Å². The van der Waals surface area contributed by atoms with E-state index >= 15 is 0 Å². The maximum atomic E-state index is 9.00. The molecule has 0 saturated heterocycles. The zero-order valence-electron chi connectivity index (χ0n) is 13.2. The summed E-state index contributed by atoms with van der Waals surface area (Å²) in [7, 11) is 0. The molecule has 2 N–H and O–H groups in total. The Morgan fingerprint density at radius 1 is 1.13 bits per heavy atom. The van der Waals surface area contributed by atoms with E-state index in [9.17, 15) is 0 Å². The molecule has 0 spiro atoms. The van der Waals surface area contributed by atoms with Crippen molar-refractivity contribution in [3.8, 4) is 6.07 Å². The molecule has 3 aromatic rings. The van der Waals surface area contributed by atoms with Crippen molar-refractivity contribution in [3.63, 3.8) is 0 Å². The molecule has 1 atom stereocenters. The molecular weight excluding hydrogens is 286 g/mol. The summed E-state index contributed by atoms with van der Waals surface area (Å²) in [6.07, 6.45) is 0.915. The van der Waals surface area contributed by atoms with Crippen molar-refractivity contribution in [2.45, 2.75) is 26.3 Å². The first-order chi connectivity index (χ1) is 11.2. The smallest absolute Gasteiger partial charge is 0.142 e. The van der Waals surface area contributed by atoms with Crippen LogP contribution < -0.4 is 5.32 Å². The fourth-order valence-electron chi connectivity index (χ4n) is 2.60. The second-order valence-corrected chi connectivity index (χ2v) is 5.99. The van der Waals surface area contributed by atoms with Crippen LogP contribution in [-0.2, 0) is 0 Å². The van der Waals surface area contributed by atoms with E-state index in [1.54, 1.807) is 6.07 Å². The highest BCUT2D eigenvalue weighted by Gasteiger charge is 2.18. The zero-order valence-corrected chi connectivity index (χ0v) is 13.2. The van der Waals surface area contributed by atoms with Crippen LogP contribution in [0.25, 0.3) is 11.0 Å². The maximum absolute atomic E-state index is 9.00. The van der Waals surface area contributed by atoms with Crippen molar-refractivity contribution < 1.29 is 0 Å². The van der Waals surface area contributed by atoms with Gasteiger partial charge >= 0.3 is 0 Å².